The molecule has 1 amide bonds. The maximum Gasteiger partial charge on any atom is 0.231 e. The summed E-state index contributed by atoms with van der Waals surface area (Å²) in [6, 6.07) is 5.97. The van der Waals surface area contributed by atoms with Gasteiger partial charge < -0.3 is 10.6 Å². The number of Topliss-reactive ketones (excluding diaryl/α,β-unsaturated/α-hetero) is 1. The van der Waals surface area contributed by atoms with E-state index in [1.165, 1.54) is 6.92 Å². The number of carbonyl (C=O) groups excluding carboxylic acids is 2. The van der Waals surface area contributed by atoms with Crippen molar-refractivity contribution in [3.63, 3.8) is 0 Å². The van der Waals surface area contributed by atoms with E-state index in [2.05, 4.69) is 13.8 Å². The molecule has 0 spiro atoms. The minimum Gasteiger partial charge on any atom is -0.330 e. The molecule has 1 aliphatic rings. The molecule has 2 N–H and O–H groups in total. The van der Waals surface area contributed by atoms with Crippen molar-refractivity contribution in [3.8, 4) is 0 Å². The van der Waals surface area contributed by atoms with Crippen LogP contribution in [-0.2, 0) is 21.4 Å². The van der Waals surface area contributed by atoms with Crippen molar-refractivity contribution in [1.82, 2.24) is 0 Å². The summed E-state index contributed by atoms with van der Waals surface area (Å²) in [5.41, 5.74) is 8.66. The van der Waals surface area contributed by atoms with Crippen molar-refractivity contribution >= 4 is 17.4 Å². The van der Waals surface area contributed by atoms with E-state index in [9.17, 15) is 9.59 Å². The van der Waals surface area contributed by atoms with Gasteiger partial charge in [-0.3, -0.25) is 9.59 Å². The summed E-state index contributed by atoms with van der Waals surface area (Å²) in [5, 5.41) is 0. The van der Waals surface area contributed by atoms with Gasteiger partial charge in [0, 0.05) is 17.6 Å². The predicted octanol–water partition coefficient (Wildman–Crippen LogP) is 1.40. The highest BCUT2D eigenvalue weighted by atomic mass is 16.2. The average Bonchev–Trinajstić information content (AvgIpc) is 2.64. The normalized spacial score (nSPS) is 14.7. The van der Waals surface area contributed by atoms with Crippen LogP contribution < -0.4 is 10.6 Å². The molecule has 0 radical (unpaired) electrons. The minimum absolute atomic E-state index is 0.00657. The fourth-order valence-electron chi connectivity index (χ4n) is 2.32. The van der Waals surface area contributed by atoms with E-state index in [-0.39, 0.29) is 23.7 Å². The van der Waals surface area contributed by atoms with Gasteiger partial charge in [-0.15, -0.1) is 0 Å². The number of anilines is 1. The van der Waals surface area contributed by atoms with Crippen LogP contribution in [0.5, 0.6) is 0 Å². The van der Waals surface area contributed by atoms with Gasteiger partial charge >= 0.3 is 0 Å². The van der Waals surface area contributed by atoms with Gasteiger partial charge in [0.1, 0.15) is 5.78 Å². The summed E-state index contributed by atoms with van der Waals surface area (Å²) in [5.74, 6) is -0.0135. The van der Waals surface area contributed by atoms with Gasteiger partial charge in [0.05, 0.1) is 13.0 Å². The molecule has 0 aromatic heterocycles. The molecule has 102 valence electrons. The highest BCUT2D eigenvalue weighted by Crippen LogP contribution is 2.33. The second kappa shape index (κ2) is 4.78. The Balaban J connectivity index is 2.37. The van der Waals surface area contributed by atoms with E-state index in [0.29, 0.717) is 13.0 Å². The van der Waals surface area contributed by atoms with Gasteiger partial charge in [-0.05, 0) is 24.1 Å². The Bertz CT molecular complexity index is 535. The number of rotatable bonds is 4. The van der Waals surface area contributed by atoms with E-state index < -0.39 is 0 Å². The van der Waals surface area contributed by atoms with E-state index in [4.69, 9.17) is 5.73 Å². The first-order valence-corrected chi connectivity index (χ1v) is 6.48. The molecule has 0 bridgehead atoms. The molecule has 0 aliphatic carbocycles. The average molecular weight is 260 g/mol. The molecule has 0 saturated carbocycles. The highest BCUT2D eigenvalue weighted by Gasteiger charge is 2.29. The summed E-state index contributed by atoms with van der Waals surface area (Å²) >= 11 is 0. The molecule has 0 saturated heterocycles. The largest absolute Gasteiger partial charge is 0.330 e. The van der Waals surface area contributed by atoms with Gasteiger partial charge in [-0.1, -0.05) is 26.0 Å². The second-order valence-electron chi connectivity index (χ2n) is 5.79. The van der Waals surface area contributed by atoms with E-state index in [1.807, 2.05) is 18.2 Å². The second-order valence-corrected chi connectivity index (χ2v) is 5.79. The molecule has 1 heterocycles. The standard InChI is InChI=1S/C15H20N2O2/c1-10(18)8-17-13-5-4-12(15(2,3)9-16)6-11(13)7-14(17)19/h4-6H,7-9,16H2,1-3H3. The van der Waals surface area contributed by atoms with Crippen molar-refractivity contribution in [1.29, 1.82) is 0 Å². The number of hydrogen-bond donors (Lipinski definition) is 1. The van der Waals surface area contributed by atoms with Gasteiger partial charge in [-0.25, -0.2) is 0 Å². The number of hydrogen-bond acceptors (Lipinski definition) is 3. The molecule has 0 fully saturated rings. The molecule has 1 aliphatic heterocycles. The summed E-state index contributed by atoms with van der Waals surface area (Å²) in [7, 11) is 0. The molecule has 1 aromatic rings. The highest BCUT2D eigenvalue weighted by molar-refractivity contribution is 6.05. The molecule has 4 heteroatoms. The smallest absolute Gasteiger partial charge is 0.231 e. The van der Waals surface area contributed by atoms with Gasteiger partial charge in [-0.2, -0.15) is 0 Å². The van der Waals surface area contributed by atoms with Crippen LogP contribution in [0.3, 0.4) is 0 Å². The molecule has 2 rings (SSSR count). The quantitative estimate of drug-likeness (QED) is 0.890. The fraction of sp³-hybridized carbons (Fsp3) is 0.467. The van der Waals surface area contributed by atoms with E-state index in [0.717, 1.165) is 16.8 Å². The number of fused-ring (bicyclic) bond motifs is 1. The Labute approximate surface area is 113 Å². The Morgan fingerprint density at radius 1 is 1.42 bits per heavy atom. The number of amides is 1. The van der Waals surface area contributed by atoms with Crippen molar-refractivity contribution in [2.45, 2.75) is 32.6 Å². The number of nitrogens with zero attached hydrogens (tertiary/aromatic N) is 1. The maximum atomic E-state index is 11.9. The topological polar surface area (TPSA) is 63.4 Å². The lowest BCUT2D eigenvalue weighted by atomic mass is 9.84. The summed E-state index contributed by atoms with van der Waals surface area (Å²) < 4.78 is 0. The molecular weight excluding hydrogens is 240 g/mol. The SMILES string of the molecule is CC(=O)CN1C(=O)Cc2cc(C(C)(C)CN)ccc21. The Morgan fingerprint density at radius 2 is 2.11 bits per heavy atom. The number of ketones is 1. The van der Waals surface area contributed by atoms with Crippen LogP contribution in [0.25, 0.3) is 0 Å². The number of carbonyl (C=O) groups is 2. The summed E-state index contributed by atoms with van der Waals surface area (Å²) in [4.78, 5) is 24.7. The Hall–Kier alpha value is -1.68. The van der Waals surface area contributed by atoms with Gasteiger partial charge in [0.2, 0.25) is 5.91 Å². The molecule has 0 unspecified atom stereocenters. The van der Waals surface area contributed by atoms with Crippen LogP contribution in [0.2, 0.25) is 0 Å². The van der Waals surface area contributed by atoms with Crippen LogP contribution in [0.4, 0.5) is 5.69 Å². The zero-order valence-corrected chi connectivity index (χ0v) is 11.7. The van der Waals surface area contributed by atoms with Crippen LogP contribution >= 0.6 is 0 Å². The lowest BCUT2D eigenvalue weighted by molar-refractivity contribution is -0.121. The van der Waals surface area contributed by atoms with Crippen molar-refractivity contribution in [3.05, 3.63) is 29.3 Å². The monoisotopic (exact) mass is 260 g/mol. The first kappa shape index (κ1) is 13.7. The summed E-state index contributed by atoms with van der Waals surface area (Å²) in [6.45, 7) is 6.37. The maximum absolute atomic E-state index is 11.9. The van der Waals surface area contributed by atoms with Crippen LogP contribution in [0.1, 0.15) is 31.9 Å². The third-order valence-corrected chi connectivity index (χ3v) is 3.69. The number of nitrogens with two attached hydrogens (primary N) is 1. The van der Waals surface area contributed by atoms with E-state index in [1.54, 1.807) is 4.90 Å². The third kappa shape index (κ3) is 2.54. The minimum atomic E-state index is -0.105. The fourth-order valence-corrected chi connectivity index (χ4v) is 2.32. The third-order valence-electron chi connectivity index (χ3n) is 3.69. The van der Waals surface area contributed by atoms with Crippen LogP contribution in [-0.4, -0.2) is 24.8 Å². The van der Waals surface area contributed by atoms with Crippen molar-refractivity contribution in [2.75, 3.05) is 18.0 Å². The zero-order valence-electron chi connectivity index (χ0n) is 11.7. The Morgan fingerprint density at radius 3 is 2.68 bits per heavy atom. The molecule has 19 heavy (non-hydrogen) atoms. The summed E-state index contributed by atoms with van der Waals surface area (Å²) in [6.07, 6.45) is 0.372. The van der Waals surface area contributed by atoms with Crippen molar-refractivity contribution < 1.29 is 9.59 Å². The van der Waals surface area contributed by atoms with Crippen LogP contribution in [0.15, 0.2) is 18.2 Å². The lowest BCUT2D eigenvalue weighted by Gasteiger charge is -2.24. The van der Waals surface area contributed by atoms with Crippen molar-refractivity contribution in [2.24, 2.45) is 5.73 Å². The lowest BCUT2D eigenvalue weighted by Crippen LogP contribution is -2.31. The predicted molar refractivity (Wildman–Crippen MR) is 75.3 cm³/mol. The molecule has 4 nitrogen and oxygen atoms in total. The van der Waals surface area contributed by atoms with Gasteiger partial charge in [0.25, 0.3) is 0 Å². The first-order valence-electron chi connectivity index (χ1n) is 6.48. The number of benzene rings is 1. The molecule has 1 aromatic carbocycles. The zero-order chi connectivity index (χ0) is 14.2. The molecular formula is C15H20N2O2. The molecule has 0 atom stereocenters. The van der Waals surface area contributed by atoms with Crippen LogP contribution in [0, 0.1) is 0 Å². The van der Waals surface area contributed by atoms with E-state index >= 15 is 0 Å². The first-order chi connectivity index (χ1) is 8.85. The van der Waals surface area contributed by atoms with Gasteiger partial charge in [0.15, 0.2) is 0 Å². The Kier molecular flexibility index (Phi) is 3.45.